The topological polar surface area (TPSA) is 135 Å². The fraction of sp³-hybridized carbons (Fsp3) is 0.318. The average molecular weight is 411 g/mol. The SMILES string of the molecule is N=C(N)c1ccc(CCCCC(=O)NC(CC(=O)O)c2ccc3c(c2)OCO3)cc1. The van der Waals surface area contributed by atoms with Crippen molar-refractivity contribution >= 4 is 17.7 Å². The Bertz CT molecular complexity index is 927. The summed E-state index contributed by atoms with van der Waals surface area (Å²) in [7, 11) is 0. The van der Waals surface area contributed by atoms with Crippen molar-refractivity contribution in [3.8, 4) is 11.5 Å². The molecule has 1 amide bonds. The van der Waals surface area contributed by atoms with Crippen LogP contribution in [0.4, 0.5) is 0 Å². The van der Waals surface area contributed by atoms with Crippen molar-refractivity contribution in [2.24, 2.45) is 5.73 Å². The molecule has 2 aromatic carbocycles. The number of nitrogens with two attached hydrogens (primary N) is 1. The lowest BCUT2D eigenvalue weighted by atomic mass is 10.0. The van der Waals surface area contributed by atoms with Gasteiger partial charge in [-0.05, 0) is 42.5 Å². The van der Waals surface area contributed by atoms with E-state index in [-0.39, 0.29) is 25.0 Å². The largest absolute Gasteiger partial charge is 0.481 e. The Hall–Kier alpha value is -3.55. The summed E-state index contributed by atoms with van der Waals surface area (Å²) in [5, 5.41) is 19.4. The maximum atomic E-state index is 12.4. The van der Waals surface area contributed by atoms with Crippen molar-refractivity contribution in [3.05, 3.63) is 59.2 Å². The van der Waals surface area contributed by atoms with Gasteiger partial charge in [0, 0.05) is 12.0 Å². The van der Waals surface area contributed by atoms with Gasteiger partial charge in [0.15, 0.2) is 11.5 Å². The third-order valence-corrected chi connectivity index (χ3v) is 4.90. The van der Waals surface area contributed by atoms with Crippen molar-refractivity contribution in [2.75, 3.05) is 6.79 Å². The average Bonchev–Trinajstić information content (AvgIpc) is 3.18. The molecule has 1 atom stereocenters. The summed E-state index contributed by atoms with van der Waals surface area (Å²) < 4.78 is 10.6. The Balaban J connectivity index is 1.49. The highest BCUT2D eigenvalue weighted by molar-refractivity contribution is 5.94. The van der Waals surface area contributed by atoms with Gasteiger partial charge in [-0.2, -0.15) is 0 Å². The molecule has 30 heavy (non-hydrogen) atoms. The standard InChI is InChI=1S/C22H25N3O5/c23-22(24)15-7-5-14(6-8-15)3-1-2-4-20(26)25-17(12-21(27)28)16-9-10-18-19(11-16)30-13-29-18/h5-11,17H,1-4,12-13H2,(H3,23,24)(H,25,26)(H,27,28). The molecule has 1 heterocycles. The smallest absolute Gasteiger partial charge is 0.305 e. The van der Waals surface area contributed by atoms with E-state index in [9.17, 15) is 14.7 Å². The minimum atomic E-state index is -0.994. The van der Waals surface area contributed by atoms with Crippen LogP contribution in [-0.2, 0) is 16.0 Å². The number of carbonyl (C=O) groups is 2. The number of hydrogen-bond acceptors (Lipinski definition) is 5. The van der Waals surface area contributed by atoms with E-state index in [0.29, 0.717) is 35.5 Å². The maximum Gasteiger partial charge on any atom is 0.305 e. The van der Waals surface area contributed by atoms with Gasteiger partial charge >= 0.3 is 5.97 Å². The second kappa shape index (κ2) is 9.78. The van der Waals surface area contributed by atoms with E-state index in [0.717, 1.165) is 18.4 Å². The predicted molar refractivity (Wildman–Crippen MR) is 111 cm³/mol. The van der Waals surface area contributed by atoms with Gasteiger partial charge in [0.05, 0.1) is 12.5 Å². The van der Waals surface area contributed by atoms with Gasteiger partial charge in [0.2, 0.25) is 12.7 Å². The van der Waals surface area contributed by atoms with Gasteiger partial charge in [0.25, 0.3) is 0 Å². The number of carboxylic acid groups (broad SMARTS) is 1. The summed E-state index contributed by atoms with van der Waals surface area (Å²) in [6.07, 6.45) is 2.41. The number of aryl methyl sites for hydroxylation is 1. The van der Waals surface area contributed by atoms with Gasteiger partial charge in [-0.1, -0.05) is 30.3 Å². The molecule has 158 valence electrons. The number of nitrogens with one attached hydrogen (secondary N) is 2. The quantitative estimate of drug-likeness (QED) is 0.270. The number of aliphatic carboxylic acids is 1. The summed E-state index contributed by atoms with van der Waals surface area (Å²) in [4.78, 5) is 23.6. The van der Waals surface area contributed by atoms with Crippen LogP contribution in [0.5, 0.6) is 11.5 Å². The number of amides is 1. The van der Waals surface area contributed by atoms with Gasteiger partial charge in [0.1, 0.15) is 5.84 Å². The van der Waals surface area contributed by atoms with Crippen molar-refractivity contribution < 1.29 is 24.2 Å². The van der Waals surface area contributed by atoms with Crippen molar-refractivity contribution in [2.45, 2.75) is 38.1 Å². The number of rotatable bonds is 10. The highest BCUT2D eigenvalue weighted by atomic mass is 16.7. The molecular formula is C22H25N3O5. The molecule has 1 unspecified atom stereocenters. The van der Waals surface area contributed by atoms with Crippen LogP contribution in [0.2, 0.25) is 0 Å². The van der Waals surface area contributed by atoms with Crippen LogP contribution in [0.15, 0.2) is 42.5 Å². The van der Waals surface area contributed by atoms with Gasteiger partial charge < -0.3 is 25.6 Å². The summed E-state index contributed by atoms with van der Waals surface area (Å²) >= 11 is 0. The molecule has 0 saturated carbocycles. The molecular weight excluding hydrogens is 386 g/mol. The molecule has 2 aromatic rings. The molecule has 0 spiro atoms. The van der Waals surface area contributed by atoms with Crippen LogP contribution in [0.25, 0.3) is 0 Å². The first-order valence-electron chi connectivity index (χ1n) is 9.76. The molecule has 1 aliphatic rings. The number of ether oxygens (including phenoxy) is 2. The summed E-state index contributed by atoms with van der Waals surface area (Å²) in [6, 6.07) is 12.0. The number of hydrogen-bond donors (Lipinski definition) is 4. The van der Waals surface area contributed by atoms with Crippen molar-refractivity contribution in [1.82, 2.24) is 5.32 Å². The van der Waals surface area contributed by atoms with Crippen LogP contribution in [0.1, 0.15) is 48.4 Å². The van der Waals surface area contributed by atoms with Crippen LogP contribution in [0, 0.1) is 5.41 Å². The normalized spacial score (nSPS) is 12.9. The minimum Gasteiger partial charge on any atom is -0.481 e. The van der Waals surface area contributed by atoms with Gasteiger partial charge in [-0.3, -0.25) is 15.0 Å². The fourth-order valence-electron chi connectivity index (χ4n) is 3.29. The Morgan fingerprint density at radius 1 is 1.10 bits per heavy atom. The molecule has 1 aliphatic heterocycles. The highest BCUT2D eigenvalue weighted by Gasteiger charge is 2.21. The number of amidine groups is 1. The van der Waals surface area contributed by atoms with E-state index in [1.54, 1.807) is 18.2 Å². The van der Waals surface area contributed by atoms with Gasteiger partial charge in [-0.15, -0.1) is 0 Å². The molecule has 0 fully saturated rings. The third-order valence-electron chi connectivity index (χ3n) is 4.90. The minimum absolute atomic E-state index is 0.0385. The van der Waals surface area contributed by atoms with E-state index in [1.807, 2.05) is 24.3 Å². The summed E-state index contributed by atoms with van der Waals surface area (Å²) in [6.45, 7) is 0.131. The van der Waals surface area contributed by atoms with E-state index in [1.165, 1.54) is 0 Å². The van der Waals surface area contributed by atoms with Crippen LogP contribution in [0.3, 0.4) is 0 Å². The van der Waals surface area contributed by atoms with E-state index < -0.39 is 12.0 Å². The van der Waals surface area contributed by atoms with E-state index in [4.69, 9.17) is 20.6 Å². The highest BCUT2D eigenvalue weighted by Crippen LogP contribution is 2.34. The molecule has 0 aliphatic carbocycles. The number of unbranched alkanes of at least 4 members (excludes halogenated alkanes) is 1. The first kappa shape index (κ1) is 21.2. The maximum absolute atomic E-state index is 12.4. The number of carbonyl (C=O) groups excluding carboxylic acids is 1. The first-order valence-corrected chi connectivity index (χ1v) is 9.76. The first-order chi connectivity index (χ1) is 14.4. The number of benzene rings is 2. The lowest BCUT2D eigenvalue weighted by Crippen LogP contribution is -2.30. The zero-order valence-corrected chi connectivity index (χ0v) is 16.5. The molecule has 0 aromatic heterocycles. The second-order valence-corrected chi connectivity index (χ2v) is 7.15. The monoisotopic (exact) mass is 411 g/mol. The zero-order chi connectivity index (χ0) is 21.5. The number of fused-ring (bicyclic) bond motifs is 1. The molecule has 3 rings (SSSR count). The van der Waals surface area contributed by atoms with Gasteiger partial charge in [-0.25, -0.2) is 0 Å². The molecule has 5 N–H and O–H groups in total. The Morgan fingerprint density at radius 3 is 2.53 bits per heavy atom. The third kappa shape index (κ3) is 5.73. The molecule has 0 saturated heterocycles. The molecule has 8 nitrogen and oxygen atoms in total. The predicted octanol–water partition coefficient (Wildman–Crippen LogP) is 2.74. The van der Waals surface area contributed by atoms with Crippen molar-refractivity contribution in [3.63, 3.8) is 0 Å². The van der Waals surface area contributed by atoms with Crippen LogP contribution >= 0.6 is 0 Å². The van der Waals surface area contributed by atoms with Crippen molar-refractivity contribution in [1.29, 1.82) is 5.41 Å². The Labute approximate surface area is 174 Å². The second-order valence-electron chi connectivity index (χ2n) is 7.15. The molecule has 8 heteroatoms. The van der Waals surface area contributed by atoms with E-state index >= 15 is 0 Å². The Morgan fingerprint density at radius 2 is 1.83 bits per heavy atom. The van der Waals surface area contributed by atoms with Crippen LogP contribution in [-0.4, -0.2) is 29.6 Å². The van der Waals surface area contributed by atoms with Crippen LogP contribution < -0.4 is 20.5 Å². The number of nitrogen functional groups attached to an aromatic ring is 1. The lowest BCUT2D eigenvalue weighted by Gasteiger charge is -2.18. The molecule has 0 radical (unpaired) electrons. The Kier molecular flexibility index (Phi) is 6.90. The fourth-order valence-corrected chi connectivity index (χ4v) is 3.29. The summed E-state index contributed by atoms with van der Waals surface area (Å²) in [5.74, 6) is 0.0119. The summed E-state index contributed by atoms with van der Waals surface area (Å²) in [5.41, 5.74) is 7.91. The number of carboxylic acids is 1. The molecule has 0 bridgehead atoms. The van der Waals surface area contributed by atoms with E-state index in [2.05, 4.69) is 5.32 Å². The zero-order valence-electron chi connectivity index (χ0n) is 16.5. The lowest BCUT2D eigenvalue weighted by molar-refractivity contribution is -0.137.